The molecule has 0 N–H and O–H groups in total. The molecule has 1 unspecified atom stereocenters. The van der Waals surface area contributed by atoms with Gasteiger partial charge in [-0.1, -0.05) is 48.5 Å². The first-order valence-corrected chi connectivity index (χ1v) is 13.0. The second kappa shape index (κ2) is 10.8. The van der Waals surface area contributed by atoms with Gasteiger partial charge in [-0.3, -0.25) is 9.18 Å². The first-order valence-electron chi connectivity index (χ1n) is 13.0. The Labute approximate surface area is 211 Å². The van der Waals surface area contributed by atoms with Crippen LogP contribution in [0.15, 0.2) is 60.7 Å². The lowest BCUT2D eigenvalue weighted by molar-refractivity contribution is -0.137. The molecule has 36 heavy (non-hydrogen) atoms. The zero-order valence-electron chi connectivity index (χ0n) is 20.6. The van der Waals surface area contributed by atoms with Crippen molar-refractivity contribution >= 4 is 5.97 Å². The maximum atomic E-state index is 15.6. The van der Waals surface area contributed by atoms with Crippen LogP contribution in [-0.4, -0.2) is 19.3 Å². The SMILES string of the molecule is CCOc1ccc(C2CCC(c3ccc4c(c3F)OC(=O)C(c3ccc(CCF)cc3)C4)CC2)cc1. The Morgan fingerprint density at radius 1 is 0.889 bits per heavy atom. The van der Waals surface area contributed by atoms with E-state index in [9.17, 15) is 9.18 Å². The molecule has 3 nitrogen and oxygen atoms in total. The number of alkyl halides is 1. The molecule has 0 amide bonds. The Morgan fingerprint density at radius 3 is 2.22 bits per heavy atom. The van der Waals surface area contributed by atoms with Gasteiger partial charge in [-0.25, -0.2) is 4.39 Å². The van der Waals surface area contributed by atoms with Crippen molar-refractivity contribution in [2.45, 2.75) is 63.2 Å². The Kier molecular flexibility index (Phi) is 7.35. The molecule has 188 valence electrons. The number of benzene rings is 3. The number of carbonyl (C=O) groups excluding carboxylic acids is 1. The first-order chi connectivity index (χ1) is 17.6. The Morgan fingerprint density at radius 2 is 1.56 bits per heavy atom. The van der Waals surface area contributed by atoms with Crippen molar-refractivity contribution in [2.75, 3.05) is 13.3 Å². The van der Waals surface area contributed by atoms with E-state index >= 15 is 4.39 Å². The summed E-state index contributed by atoms with van der Waals surface area (Å²) in [4.78, 5) is 12.8. The zero-order chi connectivity index (χ0) is 25.1. The van der Waals surface area contributed by atoms with Gasteiger partial charge in [0, 0.05) is 6.42 Å². The Balaban J connectivity index is 1.27. The number of carbonyl (C=O) groups is 1. The normalized spacial score (nSPS) is 21.5. The second-order valence-corrected chi connectivity index (χ2v) is 9.87. The van der Waals surface area contributed by atoms with E-state index in [1.807, 2.05) is 55.5 Å². The summed E-state index contributed by atoms with van der Waals surface area (Å²) in [6.45, 7) is 2.22. The number of esters is 1. The van der Waals surface area contributed by atoms with Crippen LogP contribution < -0.4 is 9.47 Å². The van der Waals surface area contributed by atoms with Crippen molar-refractivity contribution in [1.82, 2.24) is 0 Å². The van der Waals surface area contributed by atoms with Crippen molar-refractivity contribution in [1.29, 1.82) is 0 Å². The predicted octanol–water partition coefficient (Wildman–Crippen LogP) is 7.42. The number of ether oxygens (including phenoxy) is 2. The van der Waals surface area contributed by atoms with Gasteiger partial charge < -0.3 is 9.47 Å². The van der Waals surface area contributed by atoms with E-state index in [2.05, 4.69) is 12.1 Å². The minimum absolute atomic E-state index is 0.0939. The number of hydrogen-bond acceptors (Lipinski definition) is 3. The molecule has 0 bridgehead atoms. The van der Waals surface area contributed by atoms with Gasteiger partial charge in [0.25, 0.3) is 0 Å². The summed E-state index contributed by atoms with van der Waals surface area (Å²) >= 11 is 0. The number of fused-ring (bicyclic) bond motifs is 1. The van der Waals surface area contributed by atoms with Crippen LogP contribution in [0.1, 0.15) is 78.2 Å². The first kappa shape index (κ1) is 24.5. The monoisotopic (exact) mass is 490 g/mol. The lowest BCUT2D eigenvalue weighted by Crippen LogP contribution is -2.27. The third-order valence-electron chi connectivity index (χ3n) is 7.71. The summed E-state index contributed by atoms with van der Waals surface area (Å²) in [6, 6.07) is 19.5. The highest BCUT2D eigenvalue weighted by molar-refractivity contribution is 5.83. The standard InChI is InChI=1S/C31H32F2O3/c1-2-35-26-14-11-22(12-15-26)21-7-9-23(10-8-21)27-16-13-25-19-28(31(34)36-30(25)29(27)33)24-5-3-20(4-6-24)17-18-32/h3-6,11-16,21,23,28H,2,7-10,17-19H2,1H3. The largest absolute Gasteiger partial charge is 0.494 e. The molecule has 1 atom stereocenters. The summed E-state index contributed by atoms with van der Waals surface area (Å²) in [5.41, 5.74) is 4.38. The third-order valence-corrected chi connectivity index (χ3v) is 7.71. The van der Waals surface area contributed by atoms with E-state index in [0.717, 1.165) is 48.1 Å². The minimum Gasteiger partial charge on any atom is -0.494 e. The molecular weight excluding hydrogens is 458 g/mol. The van der Waals surface area contributed by atoms with Gasteiger partial charge in [-0.2, -0.15) is 0 Å². The van der Waals surface area contributed by atoms with E-state index in [4.69, 9.17) is 9.47 Å². The van der Waals surface area contributed by atoms with Gasteiger partial charge in [-0.05, 0) is 90.8 Å². The third kappa shape index (κ3) is 5.02. The molecule has 5 rings (SSSR count). The van der Waals surface area contributed by atoms with Crippen molar-refractivity contribution < 1.29 is 23.0 Å². The van der Waals surface area contributed by atoms with Gasteiger partial charge >= 0.3 is 5.97 Å². The molecule has 5 heteroatoms. The quantitative estimate of drug-likeness (QED) is 0.255. The molecule has 3 aromatic carbocycles. The second-order valence-electron chi connectivity index (χ2n) is 9.87. The van der Waals surface area contributed by atoms with E-state index in [1.54, 1.807) is 0 Å². The lowest BCUT2D eigenvalue weighted by Gasteiger charge is -2.31. The highest BCUT2D eigenvalue weighted by Crippen LogP contribution is 2.44. The fourth-order valence-electron chi connectivity index (χ4n) is 5.69. The van der Waals surface area contributed by atoms with Gasteiger partial charge in [-0.15, -0.1) is 0 Å². The van der Waals surface area contributed by atoms with Crippen LogP contribution in [0.2, 0.25) is 0 Å². The summed E-state index contributed by atoms with van der Waals surface area (Å²) in [5, 5.41) is 0. The van der Waals surface area contributed by atoms with E-state index in [0.29, 0.717) is 30.9 Å². The number of rotatable bonds is 7. The molecule has 1 aliphatic carbocycles. The molecule has 2 aliphatic rings. The Hall–Kier alpha value is -3.21. The van der Waals surface area contributed by atoms with E-state index in [-0.39, 0.29) is 17.5 Å². The summed E-state index contributed by atoms with van der Waals surface area (Å²) < 4.78 is 39.3. The van der Waals surface area contributed by atoms with E-state index < -0.39 is 18.6 Å². The average Bonchev–Trinajstić information content (AvgIpc) is 2.91. The van der Waals surface area contributed by atoms with Gasteiger partial charge in [0.1, 0.15) is 5.75 Å². The predicted molar refractivity (Wildman–Crippen MR) is 136 cm³/mol. The molecule has 1 saturated carbocycles. The maximum absolute atomic E-state index is 15.6. The molecule has 0 radical (unpaired) electrons. The van der Waals surface area contributed by atoms with Crippen molar-refractivity contribution in [3.05, 3.63) is 94.3 Å². The van der Waals surface area contributed by atoms with Gasteiger partial charge in [0.15, 0.2) is 11.6 Å². The fourth-order valence-corrected chi connectivity index (χ4v) is 5.69. The molecule has 0 spiro atoms. The van der Waals surface area contributed by atoms with Gasteiger partial charge in [0.05, 0.1) is 19.2 Å². The number of hydrogen-bond donors (Lipinski definition) is 0. The van der Waals surface area contributed by atoms with Gasteiger partial charge in [0.2, 0.25) is 0 Å². The van der Waals surface area contributed by atoms with Crippen molar-refractivity contribution in [3.8, 4) is 11.5 Å². The minimum atomic E-state index is -0.480. The number of aryl methyl sites for hydroxylation is 1. The highest BCUT2D eigenvalue weighted by atomic mass is 19.1. The van der Waals surface area contributed by atoms with Crippen molar-refractivity contribution in [3.63, 3.8) is 0 Å². The van der Waals surface area contributed by atoms with Crippen LogP contribution >= 0.6 is 0 Å². The number of halogens is 2. The zero-order valence-corrected chi connectivity index (χ0v) is 20.6. The highest BCUT2D eigenvalue weighted by Gasteiger charge is 2.34. The molecule has 1 heterocycles. The summed E-state index contributed by atoms with van der Waals surface area (Å²) in [7, 11) is 0. The maximum Gasteiger partial charge on any atom is 0.319 e. The Bertz CT molecular complexity index is 1200. The molecule has 1 fully saturated rings. The molecule has 0 saturated heterocycles. The van der Waals surface area contributed by atoms with E-state index in [1.165, 1.54) is 5.56 Å². The van der Waals surface area contributed by atoms with Crippen LogP contribution in [-0.2, 0) is 17.6 Å². The lowest BCUT2D eigenvalue weighted by atomic mass is 9.75. The van der Waals surface area contributed by atoms with Crippen LogP contribution in [0.3, 0.4) is 0 Å². The molecule has 3 aromatic rings. The summed E-state index contributed by atoms with van der Waals surface area (Å²) in [6.07, 6.45) is 4.54. The fraction of sp³-hybridized carbons (Fsp3) is 0.387. The summed E-state index contributed by atoms with van der Waals surface area (Å²) in [5.74, 6) is 0.263. The van der Waals surface area contributed by atoms with Crippen LogP contribution in [0.5, 0.6) is 11.5 Å². The smallest absolute Gasteiger partial charge is 0.319 e. The molecular formula is C31H32F2O3. The topological polar surface area (TPSA) is 35.5 Å². The van der Waals surface area contributed by atoms with Crippen LogP contribution in [0.4, 0.5) is 8.78 Å². The van der Waals surface area contributed by atoms with Crippen LogP contribution in [0.25, 0.3) is 0 Å². The van der Waals surface area contributed by atoms with Crippen molar-refractivity contribution in [2.24, 2.45) is 0 Å². The van der Waals surface area contributed by atoms with Crippen LogP contribution in [0, 0.1) is 5.82 Å². The molecule has 1 aliphatic heterocycles. The average molecular weight is 491 g/mol. The molecule has 0 aromatic heterocycles.